The van der Waals surface area contributed by atoms with Crippen molar-refractivity contribution in [3.63, 3.8) is 0 Å². The SMILES string of the molecule is CCCCC[Si@H]1CC[C@H](c2ccc(-c3cc(F)c(C=C(F)F)c(F)c3)c(F)c2)CC1. The largest absolute Gasteiger partial charge is 0.271 e. The van der Waals surface area contributed by atoms with E-state index in [1.165, 1.54) is 49.5 Å². The second kappa shape index (κ2) is 10.4. The van der Waals surface area contributed by atoms with Crippen molar-refractivity contribution < 1.29 is 22.0 Å². The van der Waals surface area contributed by atoms with Gasteiger partial charge in [0.2, 0.25) is 0 Å². The molecule has 0 atom stereocenters. The lowest BCUT2D eigenvalue weighted by molar-refractivity contribution is 0.428. The highest BCUT2D eigenvalue weighted by atomic mass is 28.3. The monoisotopic (exact) mass is 438 g/mol. The summed E-state index contributed by atoms with van der Waals surface area (Å²) in [5, 5.41) is 0. The van der Waals surface area contributed by atoms with Crippen LogP contribution in [0.1, 0.15) is 56.1 Å². The molecular formula is C24H27F5Si. The third kappa shape index (κ3) is 5.59. The number of unbranched alkanes of at least 4 members (excludes halogenated alkanes) is 2. The van der Waals surface area contributed by atoms with Crippen LogP contribution in [0.3, 0.4) is 0 Å². The second-order valence-electron chi connectivity index (χ2n) is 8.24. The Morgan fingerprint density at radius 1 is 0.967 bits per heavy atom. The third-order valence-electron chi connectivity index (χ3n) is 6.17. The van der Waals surface area contributed by atoms with Gasteiger partial charge in [0, 0.05) is 20.4 Å². The lowest BCUT2D eigenvalue weighted by Gasteiger charge is -2.28. The van der Waals surface area contributed by atoms with Crippen molar-refractivity contribution in [1.82, 2.24) is 0 Å². The molecule has 0 aromatic heterocycles. The standard InChI is InChI=1S/C24H27F5Si/c1-2-3-4-9-30-10-7-16(8-11-30)17-5-6-19(21(25)12-17)18-13-22(26)20(15-24(28)29)23(27)14-18/h5-6,12-16,30H,2-4,7-11H2,1H3/t16-,30-. The zero-order valence-corrected chi connectivity index (χ0v) is 18.3. The summed E-state index contributed by atoms with van der Waals surface area (Å²) in [5.74, 6) is -2.51. The summed E-state index contributed by atoms with van der Waals surface area (Å²) >= 11 is 0. The lowest BCUT2D eigenvalue weighted by atomic mass is 9.91. The van der Waals surface area contributed by atoms with E-state index in [9.17, 15) is 22.0 Å². The summed E-state index contributed by atoms with van der Waals surface area (Å²) in [6, 6.07) is 10.6. The van der Waals surface area contributed by atoms with E-state index in [1.54, 1.807) is 0 Å². The molecule has 162 valence electrons. The molecule has 1 aliphatic heterocycles. The van der Waals surface area contributed by atoms with Gasteiger partial charge in [0.15, 0.2) is 0 Å². The van der Waals surface area contributed by atoms with Crippen molar-refractivity contribution in [2.45, 2.75) is 63.1 Å². The maximum absolute atomic E-state index is 14.8. The maximum Gasteiger partial charge on any atom is 0.271 e. The average molecular weight is 439 g/mol. The first-order chi connectivity index (χ1) is 14.4. The Kier molecular flexibility index (Phi) is 7.86. The zero-order valence-electron chi connectivity index (χ0n) is 17.2. The second-order valence-corrected chi connectivity index (χ2v) is 11.7. The molecule has 0 N–H and O–H groups in total. The molecule has 1 aliphatic rings. The Morgan fingerprint density at radius 2 is 1.63 bits per heavy atom. The molecular weight excluding hydrogens is 411 g/mol. The summed E-state index contributed by atoms with van der Waals surface area (Å²) in [7, 11) is -0.653. The fourth-order valence-corrected chi connectivity index (χ4v) is 7.95. The third-order valence-corrected chi connectivity index (χ3v) is 9.70. The van der Waals surface area contributed by atoms with Crippen molar-refractivity contribution in [3.05, 3.63) is 65.0 Å². The van der Waals surface area contributed by atoms with E-state index < -0.39 is 37.9 Å². The molecule has 1 saturated heterocycles. The summed E-state index contributed by atoms with van der Waals surface area (Å²) in [6.45, 7) is 2.22. The highest BCUT2D eigenvalue weighted by molar-refractivity contribution is 6.59. The fraction of sp³-hybridized carbons (Fsp3) is 0.417. The van der Waals surface area contributed by atoms with Gasteiger partial charge in [-0.2, -0.15) is 8.78 Å². The van der Waals surface area contributed by atoms with Gasteiger partial charge in [-0.05, 0) is 48.1 Å². The molecule has 0 nitrogen and oxygen atoms in total. The highest BCUT2D eigenvalue weighted by Crippen LogP contribution is 2.37. The minimum absolute atomic E-state index is 0.00231. The van der Waals surface area contributed by atoms with Crippen LogP contribution in [-0.2, 0) is 0 Å². The maximum atomic E-state index is 14.8. The molecule has 0 saturated carbocycles. The quantitative estimate of drug-likeness (QED) is 0.232. The van der Waals surface area contributed by atoms with E-state index in [0.29, 0.717) is 5.92 Å². The zero-order chi connectivity index (χ0) is 21.7. The van der Waals surface area contributed by atoms with Gasteiger partial charge in [0.05, 0.1) is 5.56 Å². The Bertz CT molecular complexity index is 873. The molecule has 0 radical (unpaired) electrons. The van der Waals surface area contributed by atoms with Crippen LogP contribution < -0.4 is 0 Å². The predicted molar refractivity (Wildman–Crippen MR) is 115 cm³/mol. The summed E-state index contributed by atoms with van der Waals surface area (Å²) < 4.78 is 67.6. The van der Waals surface area contributed by atoms with Crippen LogP contribution in [0.5, 0.6) is 0 Å². The minimum Gasteiger partial charge on any atom is -0.206 e. The molecule has 0 amide bonds. The fourth-order valence-electron chi connectivity index (χ4n) is 4.47. The molecule has 3 rings (SSSR count). The van der Waals surface area contributed by atoms with Gasteiger partial charge in [0.25, 0.3) is 6.08 Å². The van der Waals surface area contributed by atoms with Crippen LogP contribution in [0.4, 0.5) is 22.0 Å². The number of benzene rings is 2. The minimum atomic E-state index is -2.20. The predicted octanol–water partition coefficient (Wildman–Crippen LogP) is 8.30. The van der Waals surface area contributed by atoms with Crippen LogP contribution in [0.15, 0.2) is 36.4 Å². The first-order valence-electron chi connectivity index (χ1n) is 10.7. The van der Waals surface area contributed by atoms with Gasteiger partial charge < -0.3 is 0 Å². The van der Waals surface area contributed by atoms with Gasteiger partial charge in [-0.25, -0.2) is 13.2 Å². The van der Waals surface area contributed by atoms with Crippen molar-refractivity contribution in [1.29, 1.82) is 0 Å². The summed E-state index contributed by atoms with van der Waals surface area (Å²) in [5.41, 5.74) is 0.167. The number of hydrogen-bond donors (Lipinski definition) is 0. The highest BCUT2D eigenvalue weighted by Gasteiger charge is 2.24. The Labute approximate surface area is 176 Å². The number of rotatable bonds is 7. The van der Waals surface area contributed by atoms with E-state index >= 15 is 0 Å². The number of hydrogen-bond acceptors (Lipinski definition) is 0. The van der Waals surface area contributed by atoms with Crippen molar-refractivity contribution in [2.24, 2.45) is 0 Å². The lowest BCUT2D eigenvalue weighted by Crippen LogP contribution is -2.20. The topological polar surface area (TPSA) is 0 Å². The van der Waals surface area contributed by atoms with Crippen LogP contribution in [0, 0.1) is 17.5 Å². The first-order valence-corrected chi connectivity index (χ1v) is 13.2. The Balaban J connectivity index is 1.73. The Hall–Kier alpha value is -1.95. The van der Waals surface area contributed by atoms with E-state index in [0.717, 1.165) is 30.5 Å². The Morgan fingerprint density at radius 3 is 2.20 bits per heavy atom. The first kappa shape index (κ1) is 22.7. The van der Waals surface area contributed by atoms with Crippen molar-refractivity contribution in [3.8, 4) is 11.1 Å². The van der Waals surface area contributed by atoms with Crippen LogP contribution in [-0.4, -0.2) is 8.80 Å². The normalized spacial score (nSPS) is 19.0. The van der Waals surface area contributed by atoms with Gasteiger partial charge in [-0.15, -0.1) is 0 Å². The molecule has 6 heteroatoms. The van der Waals surface area contributed by atoms with Gasteiger partial charge in [0.1, 0.15) is 17.5 Å². The van der Waals surface area contributed by atoms with E-state index in [1.807, 2.05) is 6.07 Å². The van der Waals surface area contributed by atoms with Gasteiger partial charge in [-0.3, -0.25) is 0 Å². The molecule has 0 unspecified atom stereocenters. The van der Waals surface area contributed by atoms with Crippen LogP contribution in [0.2, 0.25) is 18.1 Å². The molecule has 0 spiro atoms. The van der Waals surface area contributed by atoms with E-state index in [4.69, 9.17) is 0 Å². The van der Waals surface area contributed by atoms with Crippen molar-refractivity contribution in [2.75, 3.05) is 0 Å². The molecule has 1 fully saturated rings. The smallest absolute Gasteiger partial charge is 0.206 e. The molecule has 2 aromatic carbocycles. The van der Waals surface area contributed by atoms with Gasteiger partial charge >= 0.3 is 0 Å². The summed E-state index contributed by atoms with van der Waals surface area (Å²) in [6.07, 6.45) is 3.99. The van der Waals surface area contributed by atoms with E-state index in [-0.39, 0.29) is 17.2 Å². The molecule has 30 heavy (non-hydrogen) atoms. The molecule has 2 aromatic rings. The molecule has 1 heterocycles. The van der Waals surface area contributed by atoms with E-state index in [2.05, 4.69) is 6.92 Å². The van der Waals surface area contributed by atoms with Gasteiger partial charge in [-0.1, -0.05) is 56.5 Å². The average Bonchev–Trinajstić information content (AvgIpc) is 2.71. The van der Waals surface area contributed by atoms with Crippen LogP contribution in [0.25, 0.3) is 17.2 Å². The number of halogens is 5. The summed E-state index contributed by atoms with van der Waals surface area (Å²) in [4.78, 5) is 0. The molecule has 0 bridgehead atoms. The molecule has 0 aliphatic carbocycles. The van der Waals surface area contributed by atoms with Crippen LogP contribution >= 0.6 is 0 Å². The van der Waals surface area contributed by atoms with Crippen molar-refractivity contribution >= 4 is 14.9 Å².